The van der Waals surface area contributed by atoms with E-state index in [9.17, 15) is 9.90 Å². The third-order valence-electron chi connectivity index (χ3n) is 3.80. The summed E-state index contributed by atoms with van der Waals surface area (Å²) in [7, 11) is 0. The Hall–Kier alpha value is -1.36. The van der Waals surface area contributed by atoms with E-state index in [1.54, 1.807) is 0 Å². The Labute approximate surface area is 107 Å². The van der Waals surface area contributed by atoms with Gasteiger partial charge in [-0.2, -0.15) is 5.10 Å². The van der Waals surface area contributed by atoms with Crippen molar-refractivity contribution in [2.45, 2.75) is 45.6 Å². The van der Waals surface area contributed by atoms with Crippen LogP contribution in [-0.2, 0) is 11.2 Å². The molecular formula is C13H21N3O2. The molecule has 0 bridgehead atoms. The van der Waals surface area contributed by atoms with E-state index in [4.69, 9.17) is 0 Å². The molecule has 2 rings (SSSR count). The molecule has 0 aromatic carbocycles. The Bertz CT molecular complexity index is 422. The van der Waals surface area contributed by atoms with Gasteiger partial charge in [-0.25, -0.2) is 0 Å². The molecule has 1 aliphatic heterocycles. The lowest BCUT2D eigenvalue weighted by atomic mass is 9.93. The van der Waals surface area contributed by atoms with Gasteiger partial charge in [-0.3, -0.25) is 9.89 Å². The highest BCUT2D eigenvalue weighted by atomic mass is 16.3. The number of carbonyl (C=O) groups is 1. The van der Waals surface area contributed by atoms with Crippen molar-refractivity contribution in [3.8, 4) is 0 Å². The number of nitrogens with zero attached hydrogens (tertiary/aromatic N) is 2. The number of nitrogens with one attached hydrogen (secondary N) is 1. The number of carbonyl (C=O) groups excluding carboxylic acids is 1. The van der Waals surface area contributed by atoms with Crippen LogP contribution >= 0.6 is 0 Å². The zero-order valence-corrected chi connectivity index (χ0v) is 11.3. The van der Waals surface area contributed by atoms with Crippen molar-refractivity contribution in [2.75, 3.05) is 13.1 Å². The number of aromatic nitrogens is 2. The fourth-order valence-corrected chi connectivity index (χ4v) is 2.34. The number of amides is 1. The van der Waals surface area contributed by atoms with E-state index in [1.165, 1.54) is 0 Å². The first-order valence-corrected chi connectivity index (χ1v) is 6.40. The van der Waals surface area contributed by atoms with Crippen molar-refractivity contribution in [1.82, 2.24) is 15.1 Å². The molecule has 0 saturated carbocycles. The maximum atomic E-state index is 12.2. The third kappa shape index (κ3) is 2.72. The molecule has 0 atom stereocenters. The molecule has 0 aliphatic carbocycles. The maximum Gasteiger partial charge on any atom is 0.227 e. The van der Waals surface area contributed by atoms with Gasteiger partial charge in [-0.05, 0) is 33.6 Å². The molecule has 18 heavy (non-hydrogen) atoms. The van der Waals surface area contributed by atoms with E-state index in [0.717, 1.165) is 17.0 Å². The Balaban J connectivity index is 1.97. The monoisotopic (exact) mass is 251 g/mol. The normalized spacial score (nSPS) is 19.0. The van der Waals surface area contributed by atoms with Crippen LogP contribution in [0.1, 0.15) is 36.7 Å². The zero-order chi connectivity index (χ0) is 13.3. The number of aryl methyl sites for hydroxylation is 2. The number of hydrogen-bond acceptors (Lipinski definition) is 3. The zero-order valence-electron chi connectivity index (χ0n) is 11.3. The summed E-state index contributed by atoms with van der Waals surface area (Å²) < 4.78 is 0. The molecular weight excluding hydrogens is 230 g/mol. The third-order valence-corrected chi connectivity index (χ3v) is 3.80. The summed E-state index contributed by atoms with van der Waals surface area (Å²) >= 11 is 0. The van der Waals surface area contributed by atoms with Gasteiger partial charge in [0.1, 0.15) is 0 Å². The van der Waals surface area contributed by atoms with Crippen LogP contribution < -0.4 is 0 Å². The highest BCUT2D eigenvalue weighted by molar-refractivity contribution is 5.79. The van der Waals surface area contributed by atoms with Crippen LogP contribution in [0.2, 0.25) is 0 Å². The molecule has 0 spiro atoms. The SMILES string of the molecule is Cc1n[nH]c(C)c1CC(=O)N1CCC(C)(O)CC1. The Kier molecular flexibility index (Phi) is 3.43. The van der Waals surface area contributed by atoms with Crippen LogP contribution in [0.25, 0.3) is 0 Å². The first-order valence-electron chi connectivity index (χ1n) is 6.40. The lowest BCUT2D eigenvalue weighted by Gasteiger charge is -2.35. The molecule has 0 radical (unpaired) electrons. The van der Waals surface area contributed by atoms with E-state index in [2.05, 4.69) is 10.2 Å². The van der Waals surface area contributed by atoms with Crippen molar-refractivity contribution < 1.29 is 9.90 Å². The minimum absolute atomic E-state index is 0.123. The van der Waals surface area contributed by atoms with E-state index in [0.29, 0.717) is 32.4 Å². The van der Waals surface area contributed by atoms with Gasteiger partial charge in [0, 0.05) is 24.3 Å². The molecule has 5 heteroatoms. The number of piperidine rings is 1. The summed E-state index contributed by atoms with van der Waals surface area (Å²) in [5.41, 5.74) is 2.24. The quantitative estimate of drug-likeness (QED) is 0.822. The smallest absolute Gasteiger partial charge is 0.227 e. The van der Waals surface area contributed by atoms with Gasteiger partial charge in [-0.15, -0.1) is 0 Å². The second kappa shape index (κ2) is 4.72. The summed E-state index contributed by atoms with van der Waals surface area (Å²) in [5, 5.41) is 16.9. The standard InChI is InChI=1S/C13H21N3O2/c1-9-11(10(2)15-14-9)8-12(17)16-6-4-13(3,18)5-7-16/h18H,4-8H2,1-3H3,(H,14,15). The second-order valence-electron chi connectivity index (χ2n) is 5.47. The second-order valence-corrected chi connectivity index (χ2v) is 5.47. The number of rotatable bonds is 2. The molecule has 100 valence electrons. The summed E-state index contributed by atoms with van der Waals surface area (Å²) in [6.45, 7) is 6.96. The summed E-state index contributed by atoms with van der Waals surface area (Å²) in [5.74, 6) is 0.123. The Morgan fingerprint density at radius 3 is 2.56 bits per heavy atom. The molecule has 1 aromatic rings. The summed E-state index contributed by atoms with van der Waals surface area (Å²) in [6, 6.07) is 0. The maximum absolute atomic E-state index is 12.2. The summed E-state index contributed by atoms with van der Waals surface area (Å²) in [4.78, 5) is 14.0. The lowest BCUT2D eigenvalue weighted by molar-refractivity contribution is -0.134. The van der Waals surface area contributed by atoms with Crippen LogP contribution in [0, 0.1) is 13.8 Å². The van der Waals surface area contributed by atoms with E-state index < -0.39 is 5.60 Å². The van der Waals surface area contributed by atoms with Crippen LogP contribution in [-0.4, -0.2) is 44.8 Å². The fourth-order valence-electron chi connectivity index (χ4n) is 2.34. The molecule has 2 N–H and O–H groups in total. The van der Waals surface area contributed by atoms with Crippen molar-refractivity contribution in [3.63, 3.8) is 0 Å². The minimum Gasteiger partial charge on any atom is -0.390 e. The topological polar surface area (TPSA) is 69.2 Å². The number of aliphatic hydroxyl groups is 1. The van der Waals surface area contributed by atoms with Crippen LogP contribution in [0.4, 0.5) is 0 Å². The summed E-state index contributed by atoms with van der Waals surface area (Å²) in [6.07, 6.45) is 1.71. The molecule has 2 heterocycles. The molecule has 0 unspecified atom stereocenters. The van der Waals surface area contributed by atoms with Gasteiger partial charge in [-0.1, -0.05) is 0 Å². The van der Waals surface area contributed by atoms with E-state index >= 15 is 0 Å². The molecule has 1 fully saturated rings. The molecule has 1 amide bonds. The number of hydrogen-bond donors (Lipinski definition) is 2. The van der Waals surface area contributed by atoms with Gasteiger partial charge in [0.2, 0.25) is 5.91 Å². The van der Waals surface area contributed by atoms with Crippen LogP contribution in [0.5, 0.6) is 0 Å². The highest BCUT2D eigenvalue weighted by Crippen LogP contribution is 2.22. The molecule has 1 saturated heterocycles. The van der Waals surface area contributed by atoms with E-state index in [-0.39, 0.29) is 5.91 Å². The largest absolute Gasteiger partial charge is 0.390 e. The highest BCUT2D eigenvalue weighted by Gasteiger charge is 2.29. The van der Waals surface area contributed by atoms with Gasteiger partial charge in [0.15, 0.2) is 0 Å². The van der Waals surface area contributed by atoms with Crippen molar-refractivity contribution in [3.05, 3.63) is 17.0 Å². The van der Waals surface area contributed by atoms with Crippen molar-refractivity contribution in [1.29, 1.82) is 0 Å². The lowest BCUT2D eigenvalue weighted by Crippen LogP contribution is -2.45. The number of likely N-dealkylation sites (tertiary alicyclic amines) is 1. The molecule has 1 aliphatic rings. The van der Waals surface area contributed by atoms with Crippen LogP contribution in [0.3, 0.4) is 0 Å². The average molecular weight is 251 g/mol. The predicted molar refractivity (Wildman–Crippen MR) is 68.2 cm³/mol. The van der Waals surface area contributed by atoms with Crippen molar-refractivity contribution >= 4 is 5.91 Å². The van der Waals surface area contributed by atoms with Crippen LogP contribution in [0.15, 0.2) is 0 Å². The predicted octanol–water partition coefficient (Wildman–Crippen LogP) is 0.942. The number of aromatic amines is 1. The van der Waals surface area contributed by atoms with Gasteiger partial charge in [0.05, 0.1) is 17.7 Å². The number of H-pyrrole nitrogens is 1. The first kappa shape index (κ1) is 13.1. The van der Waals surface area contributed by atoms with Gasteiger partial charge in [0.25, 0.3) is 0 Å². The van der Waals surface area contributed by atoms with E-state index in [1.807, 2.05) is 25.7 Å². The van der Waals surface area contributed by atoms with Gasteiger partial charge >= 0.3 is 0 Å². The Morgan fingerprint density at radius 1 is 1.44 bits per heavy atom. The first-order chi connectivity index (χ1) is 8.39. The van der Waals surface area contributed by atoms with Gasteiger partial charge < -0.3 is 10.0 Å². The minimum atomic E-state index is -0.613. The average Bonchev–Trinajstić information content (AvgIpc) is 2.60. The molecule has 1 aromatic heterocycles. The Morgan fingerprint density at radius 2 is 2.06 bits per heavy atom. The molecule has 5 nitrogen and oxygen atoms in total. The van der Waals surface area contributed by atoms with Crippen molar-refractivity contribution in [2.24, 2.45) is 0 Å². The fraction of sp³-hybridized carbons (Fsp3) is 0.692.